The zero-order valence-corrected chi connectivity index (χ0v) is 9.47. The first-order valence-corrected chi connectivity index (χ1v) is 5.67. The Morgan fingerprint density at radius 2 is 1.92 bits per heavy atom. The quantitative estimate of drug-likeness (QED) is 0.639. The van der Waals surface area contributed by atoms with Crippen molar-refractivity contribution >= 4 is 35.3 Å². The average Bonchev–Trinajstić information content (AvgIpc) is 1.93. The van der Waals surface area contributed by atoms with Gasteiger partial charge in [-0.1, -0.05) is 0 Å². The van der Waals surface area contributed by atoms with Crippen LogP contribution in [0.3, 0.4) is 0 Å². The second-order valence-electron chi connectivity index (χ2n) is 2.20. The number of hydrogen-bond donors (Lipinski definition) is 2. The van der Waals surface area contributed by atoms with Crippen LogP contribution >= 0.6 is 15.9 Å². The number of phenolic OH excluding ortho intramolecular Hbond substituents is 2. The normalized spacial score (nSPS) is 11.6. The summed E-state index contributed by atoms with van der Waals surface area (Å²) < 4.78 is 22.1. The molecule has 0 aliphatic carbocycles. The standard InChI is InChI=1S/C7H5BrF2O2Se/c8-7(9,10)13-6-2-1-4(11)3-5(6)12/h1-3,11-12H. The van der Waals surface area contributed by atoms with Crippen molar-refractivity contribution in [2.45, 2.75) is 3.73 Å². The molecule has 0 fully saturated rings. The molecule has 0 aromatic heterocycles. The summed E-state index contributed by atoms with van der Waals surface area (Å²) in [6.07, 6.45) is 0. The summed E-state index contributed by atoms with van der Waals surface area (Å²) in [6.45, 7) is 0. The fourth-order valence-electron chi connectivity index (χ4n) is 0.717. The summed E-state index contributed by atoms with van der Waals surface area (Å²) in [6, 6.07) is 3.57. The van der Waals surface area contributed by atoms with Crippen LogP contribution in [-0.4, -0.2) is 28.9 Å². The first-order chi connectivity index (χ1) is 5.88. The van der Waals surface area contributed by atoms with Crippen molar-refractivity contribution < 1.29 is 19.0 Å². The molecule has 2 nitrogen and oxygen atoms in total. The van der Waals surface area contributed by atoms with Crippen LogP contribution in [0.2, 0.25) is 0 Å². The summed E-state index contributed by atoms with van der Waals surface area (Å²) in [7, 11) is 0. The first-order valence-electron chi connectivity index (χ1n) is 3.16. The minimum absolute atomic E-state index is 0.144. The molecule has 0 atom stereocenters. The van der Waals surface area contributed by atoms with Gasteiger partial charge in [0, 0.05) is 0 Å². The second-order valence-corrected chi connectivity index (χ2v) is 6.80. The minimum atomic E-state index is -2.98. The molecule has 0 saturated heterocycles. The van der Waals surface area contributed by atoms with Gasteiger partial charge in [-0.2, -0.15) is 0 Å². The third kappa shape index (κ3) is 3.50. The van der Waals surface area contributed by atoms with Crippen molar-refractivity contribution in [1.29, 1.82) is 0 Å². The van der Waals surface area contributed by atoms with Crippen LogP contribution in [0.15, 0.2) is 18.2 Å². The van der Waals surface area contributed by atoms with Gasteiger partial charge in [-0.05, 0) is 0 Å². The third-order valence-corrected chi connectivity index (χ3v) is 3.68. The average molecular weight is 318 g/mol. The topological polar surface area (TPSA) is 40.5 Å². The van der Waals surface area contributed by atoms with E-state index in [1.165, 1.54) is 12.1 Å². The molecule has 1 aromatic carbocycles. The van der Waals surface area contributed by atoms with Crippen molar-refractivity contribution in [3.63, 3.8) is 0 Å². The van der Waals surface area contributed by atoms with Gasteiger partial charge in [0.15, 0.2) is 0 Å². The van der Waals surface area contributed by atoms with Gasteiger partial charge in [0.05, 0.1) is 0 Å². The van der Waals surface area contributed by atoms with Crippen molar-refractivity contribution in [1.82, 2.24) is 0 Å². The zero-order valence-electron chi connectivity index (χ0n) is 6.17. The number of phenols is 2. The van der Waals surface area contributed by atoms with Gasteiger partial charge in [-0.25, -0.2) is 0 Å². The molecule has 0 radical (unpaired) electrons. The molecule has 6 heteroatoms. The third-order valence-electron chi connectivity index (χ3n) is 1.17. The maximum absolute atomic E-state index is 12.5. The number of benzene rings is 1. The van der Waals surface area contributed by atoms with Crippen LogP contribution in [0.4, 0.5) is 8.78 Å². The molecular weight excluding hydrogens is 313 g/mol. The maximum atomic E-state index is 12.5. The molecule has 0 heterocycles. The summed E-state index contributed by atoms with van der Waals surface area (Å²) >= 11 is 0.999. The number of alkyl halides is 3. The van der Waals surface area contributed by atoms with Crippen LogP contribution in [0.5, 0.6) is 11.5 Å². The fourth-order valence-corrected chi connectivity index (χ4v) is 2.77. The van der Waals surface area contributed by atoms with Crippen LogP contribution in [0, 0.1) is 0 Å². The molecule has 0 unspecified atom stereocenters. The Kier molecular flexibility index (Phi) is 3.16. The van der Waals surface area contributed by atoms with Crippen molar-refractivity contribution in [2.24, 2.45) is 0 Å². The summed E-state index contributed by atoms with van der Waals surface area (Å²) in [4.78, 5) is 0. The zero-order chi connectivity index (χ0) is 10.1. The van der Waals surface area contributed by atoms with Crippen LogP contribution in [0.1, 0.15) is 0 Å². The van der Waals surface area contributed by atoms with E-state index in [2.05, 4.69) is 15.9 Å². The molecule has 13 heavy (non-hydrogen) atoms. The van der Waals surface area contributed by atoms with Crippen LogP contribution in [0.25, 0.3) is 0 Å². The van der Waals surface area contributed by atoms with E-state index < -0.39 is 18.7 Å². The predicted octanol–water partition coefficient (Wildman–Crippen LogP) is 1.37. The van der Waals surface area contributed by atoms with Crippen LogP contribution < -0.4 is 4.46 Å². The molecule has 0 aliphatic rings. The Labute approximate surface area is 87.9 Å². The van der Waals surface area contributed by atoms with E-state index in [0.717, 1.165) is 6.07 Å². The van der Waals surface area contributed by atoms with Gasteiger partial charge in [-0.15, -0.1) is 0 Å². The fraction of sp³-hybridized carbons (Fsp3) is 0.143. The molecule has 1 rings (SSSR count). The number of rotatable bonds is 2. The van der Waals surface area contributed by atoms with E-state index in [9.17, 15) is 8.78 Å². The molecule has 0 amide bonds. The molecule has 72 valence electrons. The number of halogens is 3. The Balaban J connectivity index is 2.90. The van der Waals surface area contributed by atoms with Gasteiger partial charge in [0.2, 0.25) is 0 Å². The Morgan fingerprint density at radius 3 is 2.38 bits per heavy atom. The van der Waals surface area contributed by atoms with E-state index >= 15 is 0 Å². The second kappa shape index (κ2) is 3.82. The van der Waals surface area contributed by atoms with E-state index in [1.54, 1.807) is 0 Å². The Morgan fingerprint density at radius 1 is 1.31 bits per heavy atom. The van der Waals surface area contributed by atoms with Gasteiger partial charge >= 0.3 is 87.8 Å². The van der Waals surface area contributed by atoms with Gasteiger partial charge in [0.25, 0.3) is 0 Å². The van der Waals surface area contributed by atoms with Gasteiger partial charge in [-0.3, -0.25) is 0 Å². The van der Waals surface area contributed by atoms with E-state index in [4.69, 9.17) is 10.2 Å². The SMILES string of the molecule is Oc1ccc([Se]C(F)(F)Br)c(O)c1. The summed E-state index contributed by atoms with van der Waals surface area (Å²) in [5.41, 5.74) is 0. The van der Waals surface area contributed by atoms with Gasteiger partial charge < -0.3 is 0 Å². The molecule has 1 aromatic rings. The predicted molar refractivity (Wildman–Crippen MR) is 49.0 cm³/mol. The van der Waals surface area contributed by atoms with E-state index in [-0.39, 0.29) is 16.0 Å². The molecular formula is C7H5BrF2O2Se. The summed E-state index contributed by atoms with van der Waals surface area (Å²) in [5.74, 6) is -0.450. The molecule has 0 bridgehead atoms. The van der Waals surface area contributed by atoms with Crippen molar-refractivity contribution in [3.05, 3.63) is 18.2 Å². The first kappa shape index (κ1) is 10.8. The van der Waals surface area contributed by atoms with Crippen molar-refractivity contribution in [2.75, 3.05) is 0 Å². The van der Waals surface area contributed by atoms with E-state index in [1.807, 2.05) is 0 Å². The molecule has 0 saturated carbocycles. The monoisotopic (exact) mass is 318 g/mol. The Hall–Kier alpha value is -0.321. The molecule has 0 aliphatic heterocycles. The Bertz CT molecular complexity index is 314. The van der Waals surface area contributed by atoms with E-state index in [0.29, 0.717) is 0 Å². The number of hydrogen-bond acceptors (Lipinski definition) is 2. The molecule has 0 spiro atoms. The van der Waals surface area contributed by atoms with Crippen molar-refractivity contribution in [3.8, 4) is 11.5 Å². The number of aromatic hydroxyl groups is 2. The summed E-state index contributed by atoms with van der Waals surface area (Å²) in [5, 5.41) is 18.0. The van der Waals surface area contributed by atoms with Gasteiger partial charge in [0.1, 0.15) is 0 Å². The molecule has 2 N–H and O–H groups in total. The van der Waals surface area contributed by atoms with Crippen LogP contribution in [-0.2, 0) is 0 Å².